The molecule has 0 fully saturated rings. The Bertz CT molecular complexity index is 641. The summed E-state index contributed by atoms with van der Waals surface area (Å²) in [7, 11) is 0. The van der Waals surface area contributed by atoms with Crippen molar-refractivity contribution in [2.75, 3.05) is 11.1 Å². The molecule has 2 aromatic rings. The maximum atomic E-state index is 12.0. The lowest BCUT2D eigenvalue weighted by Crippen LogP contribution is -2.12. The highest BCUT2D eigenvalue weighted by Gasteiger charge is 2.11. The lowest BCUT2D eigenvalue weighted by molar-refractivity contribution is 0.102. The van der Waals surface area contributed by atoms with E-state index in [2.05, 4.69) is 5.32 Å². The van der Waals surface area contributed by atoms with Crippen molar-refractivity contribution in [3.63, 3.8) is 0 Å². The quantitative estimate of drug-likeness (QED) is 0.737. The van der Waals surface area contributed by atoms with E-state index in [4.69, 9.17) is 17.3 Å². The van der Waals surface area contributed by atoms with Gasteiger partial charge in [0.25, 0.3) is 5.91 Å². The Kier molecular flexibility index (Phi) is 3.62. The molecule has 19 heavy (non-hydrogen) atoms. The van der Waals surface area contributed by atoms with Gasteiger partial charge in [-0.2, -0.15) is 0 Å². The molecule has 98 valence electrons. The molecule has 0 spiro atoms. The summed E-state index contributed by atoms with van der Waals surface area (Å²) in [5.74, 6) is -0.560. The highest BCUT2D eigenvalue weighted by atomic mass is 35.5. The second-order valence-electron chi connectivity index (χ2n) is 4.19. The van der Waals surface area contributed by atoms with E-state index in [0.717, 1.165) is 5.56 Å². The van der Waals surface area contributed by atoms with E-state index in [9.17, 15) is 9.90 Å². The minimum Gasteiger partial charge on any atom is -0.507 e. The molecular weight excluding hydrogens is 264 g/mol. The Morgan fingerprint density at radius 2 is 2.00 bits per heavy atom. The smallest absolute Gasteiger partial charge is 0.259 e. The third kappa shape index (κ3) is 2.98. The zero-order chi connectivity index (χ0) is 14.0. The number of halogens is 1. The summed E-state index contributed by atoms with van der Waals surface area (Å²) in [5.41, 5.74) is 8.02. The normalized spacial score (nSPS) is 10.2. The Morgan fingerprint density at radius 1 is 1.26 bits per heavy atom. The van der Waals surface area contributed by atoms with Crippen molar-refractivity contribution in [3.05, 3.63) is 52.5 Å². The Morgan fingerprint density at radius 3 is 2.63 bits per heavy atom. The van der Waals surface area contributed by atoms with Gasteiger partial charge in [-0.3, -0.25) is 4.79 Å². The average Bonchev–Trinajstić information content (AvgIpc) is 2.33. The monoisotopic (exact) mass is 276 g/mol. The number of hydrogen-bond acceptors (Lipinski definition) is 3. The summed E-state index contributed by atoms with van der Waals surface area (Å²) >= 11 is 5.71. The number of nitrogens with two attached hydrogens (primary N) is 1. The van der Waals surface area contributed by atoms with Gasteiger partial charge in [-0.1, -0.05) is 11.6 Å². The molecule has 4 N–H and O–H groups in total. The van der Waals surface area contributed by atoms with E-state index >= 15 is 0 Å². The van der Waals surface area contributed by atoms with Crippen LogP contribution in [0.2, 0.25) is 5.02 Å². The first-order valence-electron chi connectivity index (χ1n) is 5.63. The predicted molar refractivity (Wildman–Crippen MR) is 76.7 cm³/mol. The van der Waals surface area contributed by atoms with Crippen LogP contribution >= 0.6 is 11.6 Å². The lowest BCUT2D eigenvalue weighted by atomic mass is 10.1. The number of nitrogens with one attached hydrogen (secondary N) is 1. The summed E-state index contributed by atoms with van der Waals surface area (Å²) in [4.78, 5) is 12.0. The molecule has 5 heteroatoms. The third-order valence-corrected chi connectivity index (χ3v) is 2.97. The Labute approximate surface area is 115 Å². The van der Waals surface area contributed by atoms with Gasteiger partial charge in [-0.05, 0) is 48.9 Å². The van der Waals surface area contributed by atoms with E-state index in [1.54, 1.807) is 24.3 Å². The molecule has 0 aliphatic carbocycles. The largest absolute Gasteiger partial charge is 0.507 e. The number of carbonyl (C=O) groups is 1. The first-order chi connectivity index (χ1) is 8.97. The maximum Gasteiger partial charge on any atom is 0.259 e. The number of aromatic hydroxyl groups is 1. The second-order valence-corrected chi connectivity index (χ2v) is 4.62. The highest BCUT2D eigenvalue weighted by molar-refractivity contribution is 6.31. The molecule has 2 aromatic carbocycles. The molecule has 0 saturated heterocycles. The number of benzene rings is 2. The number of nitrogen functional groups attached to an aromatic ring is 1. The first kappa shape index (κ1) is 13.2. The van der Waals surface area contributed by atoms with Gasteiger partial charge in [0.05, 0.1) is 5.56 Å². The molecule has 0 heterocycles. The van der Waals surface area contributed by atoms with Gasteiger partial charge in [0.15, 0.2) is 0 Å². The average molecular weight is 277 g/mol. The van der Waals surface area contributed by atoms with Crippen LogP contribution < -0.4 is 11.1 Å². The Balaban J connectivity index is 2.23. The fourth-order valence-corrected chi connectivity index (χ4v) is 1.82. The number of amides is 1. The summed E-state index contributed by atoms with van der Waals surface area (Å²) in [5, 5.41) is 12.7. The number of anilines is 2. The molecule has 0 aliphatic rings. The number of rotatable bonds is 2. The van der Waals surface area contributed by atoms with Crippen molar-refractivity contribution in [2.24, 2.45) is 0 Å². The van der Waals surface area contributed by atoms with E-state index in [0.29, 0.717) is 16.4 Å². The van der Waals surface area contributed by atoms with Crippen LogP contribution in [-0.2, 0) is 0 Å². The summed E-state index contributed by atoms with van der Waals surface area (Å²) in [6.07, 6.45) is 0. The molecule has 0 bridgehead atoms. The molecule has 0 saturated carbocycles. The zero-order valence-corrected chi connectivity index (χ0v) is 11.0. The standard InChI is InChI=1S/C14H13ClN2O2/c1-8-6-10(3-5-12(8)16)17-14(19)11-4-2-9(15)7-13(11)18/h2-7,18H,16H2,1H3,(H,17,19). The first-order valence-corrected chi connectivity index (χ1v) is 6.01. The molecule has 0 atom stereocenters. The van der Waals surface area contributed by atoms with Gasteiger partial charge < -0.3 is 16.2 Å². The fourth-order valence-electron chi connectivity index (χ4n) is 1.65. The number of aryl methyl sites for hydroxylation is 1. The van der Waals surface area contributed by atoms with Crippen molar-refractivity contribution in [1.29, 1.82) is 0 Å². The molecular formula is C14H13ClN2O2. The molecule has 4 nitrogen and oxygen atoms in total. The minimum absolute atomic E-state index is 0.155. The molecule has 0 unspecified atom stereocenters. The van der Waals surface area contributed by atoms with Crippen LogP contribution in [-0.4, -0.2) is 11.0 Å². The van der Waals surface area contributed by atoms with Gasteiger partial charge in [0, 0.05) is 16.4 Å². The molecule has 2 rings (SSSR count). The third-order valence-electron chi connectivity index (χ3n) is 2.73. The van der Waals surface area contributed by atoms with E-state index in [1.807, 2.05) is 6.92 Å². The molecule has 1 amide bonds. The summed E-state index contributed by atoms with van der Waals surface area (Å²) in [6, 6.07) is 9.52. The van der Waals surface area contributed by atoms with Crippen LogP contribution in [0.3, 0.4) is 0 Å². The van der Waals surface area contributed by atoms with Crippen molar-refractivity contribution < 1.29 is 9.90 Å². The lowest BCUT2D eigenvalue weighted by Gasteiger charge is -2.08. The Hall–Kier alpha value is -2.20. The highest BCUT2D eigenvalue weighted by Crippen LogP contribution is 2.23. The summed E-state index contributed by atoms with van der Waals surface area (Å²) in [6.45, 7) is 1.85. The van der Waals surface area contributed by atoms with Crippen LogP contribution in [0.15, 0.2) is 36.4 Å². The van der Waals surface area contributed by atoms with Crippen molar-refractivity contribution in [1.82, 2.24) is 0 Å². The van der Waals surface area contributed by atoms with Gasteiger partial charge in [-0.25, -0.2) is 0 Å². The van der Waals surface area contributed by atoms with Crippen molar-refractivity contribution in [3.8, 4) is 5.75 Å². The minimum atomic E-state index is -0.404. The number of phenols is 1. The zero-order valence-electron chi connectivity index (χ0n) is 10.3. The van der Waals surface area contributed by atoms with Crippen LogP contribution in [0.25, 0.3) is 0 Å². The van der Waals surface area contributed by atoms with E-state index < -0.39 is 5.91 Å². The molecule has 0 aliphatic heterocycles. The van der Waals surface area contributed by atoms with E-state index in [-0.39, 0.29) is 11.3 Å². The van der Waals surface area contributed by atoms with Gasteiger partial charge in [0.2, 0.25) is 0 Å². The van der Waals surface area contributed by atoms with E-state index in [1.165, 1.54) is 12.1 Å². The van der Waals surface area contributed by atoms with Gasteiger partial charge in [-0.15, -0.1) is 0 Å². The van der Waals surface area contributed by atoms with Gasteiger partial charge in [0.1, 0.15) is 5.75 Å². The number of hydrogen-bond donors (Lipinski definition) is 3. The fraction of sp³-hybridized carbons (Fsp3) is 0.0714. The van der Waals surface area contributed by atoms with Gasteiger partial charge >= 0.3 is 0 Å². The van der Waals surface area contributed by atoms with Crippen molar-refractivity contribution >= 4 is 28.9 Å². The molecule has 0 aromatic heterocycles. The number of phenolic OH excluding ortho intramolecular Hbond substituents is 1. The number of carbonyl (C=O) groups excluding carboxylic acids is 1. The van der Waals surface area contributed by atoms with Crippen LogP contribution in [0.5, 0.6) is 5.75 Å². The van der Waals surface area contributed by atoms with Crippen LogP contribution in [0.4, 0.5) is 11.4 Å². The van der Waals surface area contributed by atoms with Crippen molar-refractivity contribution in [2.45, 2.75) is 6.92 Å². The second kappa shape index (κ2) is 5.20. The SMILES string of the molecule is Cc1cc(NC(=O)c2ccc(Cl)cc2O)ccc1N. The molecule has 0 radical (unpaired) electrons. The van der Waals surface area contributed by atoms with Crippen LogP contribution in [0.1, 0.15) is 15.9 Å². The summed E-state index contributed by atoms with van der Waals surface area (Å²) < 4.78 is 0. The predicted octanol–water partition coefficient (Wildman–Crippen LogP) is 3.19. The van der Waals surface area contributed by atoms with Crippen LogP contribution in [0, 0.1) is 6.92 Å². The topological polar surface area (TPSA) is 75.3 Å². The maximum absolute atomic E-state index is 12.0.